The van der Waals surface area contributed by atoms with Crippen molar-refractivity contribution in [3.8, 4) is 0 Å². The van der Waals surface area contributed by atoms with E-state index in [-0.39, 0.29) is 17.0 Å². The summed E-state index contributed by atoms with van der Waals surface area (Å²) in [5, 5.41) is 2.13. The van der Waals surface area contributed by atoms with E-state index < -0.39 is 0 Å². The van der Waals surface area contributed by atoms with Crippen molar-refractivity contribution in [2.24, 2.45) is 0 Å². The zero-order chi connectivity index (χ0) is 7.23. The average Bonchev–Trinajstić information content (AvgIpc) is 2.02. The zero-order valence-electron chi connectivity index (χ0n) is 6.37. The van der Waals surface area contributed by atoms with Gasteiger partial charge in [0.05, 0.1) is 0 Å². The van der Waals surface area contributed by atoms with Crippen molar-refractivity contribution in [3.05, 3.63) is 46.7 Å². The minimum atomic E-state index is 0. The molecule has 0 N–H and O–H groups in total. The van der Waals surface area contributed by atoms with Crippen LogP contribution in [0.25, 0.3) is 0 Å². The summed E-state index contributed by atoms with van der Waals surface area (Å²) in [6.45, 7) is 2.13. The summed E-state index contributed by atoms with van der Waals surface area (Å²) in [5.74, 6) is 0. The summed E-state index contributed by atoms with van der Waals surface area (Å²) in [4.78, 5) is 1.37. The van der Waals surface area contributed by atoms with Crippen LogP contribution in [0.3, 0.4) is 0 Å². The molecule has 1 heterocycles. The fourth-order valence-corrected chi connectivity index (χ4v) is 1.23. The molecule has 1 aromatic heterocycles. The lowest BCUT2D eigenvalue weighted by molar-refractivity contribution is -0.00000202. The molecule has 2 heteroatoms. The molecule has 0 aliphatic heterocycles. The van der Waals surface area contributed by atoms with Crippen molar-refractivity contribution in [3.63, 3.8) is 0 Å². The Hall–Kier alpha value is -0.340. The van der Waals surface area contributed by atoms with E-state index in [1.54, 1.807) is 0 Å². The van der Waals surface area contributed by atoms with Gasteiger partial charge in [0.15, 0.2) is 0 Å². The highest BCUT2D eigenvalue weighted by molar-refractivity contribution is 7.09. The van der Waals surface area contributed by atoms with E-state index in [0.29, 0.717) is 0 Å². The van der Waals surface area contributed by atoms with Gasteiger partial charge in [-0.1, -0.05) is 24.3 Å². The van der Waals surface area contributed by atoms with E-state index in [4.69, 9.17) is 0 Å². The highest BCUT2D eigenvalue weighted by Gasteiger charge is 1.79. The maximum atomic E-state index is 2.13. The molecule has 0 unspecified atom stereocenters. The third-order valence-electron chi connectivity index (χ3n) is 1.15. The van der Waals surface area contributed by atoms with Gasteiger partial charge in [0.2, 0.25) is 0 Å². The second-order valence-electron chi connectivity index (χ2n) is 2.05. The Kier molecular flexibility index (Phi) is 6.18. The van der Waals surface area contributed by atoms with Crippen molar-refractivity contribution >= 4 is 11.3 Å². The molecule has 0 atom stereocenters. The molecular formula is C9H11BrS. The molecule has 0 aliphatic carbocycles. The predicted octanol–water partition coefficient (Wildman–Crippen LogP) is -0.0828. The quantitative estimate of drug-likeness (QED) is 0.548. The van der Waals surface area contributed by atoms with Crippen LogP contribution in [0.4, 0.5) is 0 Å². The van der Waals surface area contributed by atoms with Crippen LogP contribution in [0.2, 0.25) is 0 Å². The van der Waals surface area contributed by atoms with E-state index in [1.165, 1.54) is 16.2 Å². The van der Waals surface area contributed by atoms with Gasteiger partial charge >= 0.3 is 0 Å². The van der Waals surface area contributed by atoms with Gasteiger partial charge in [-0.3, -0.25) is 0 Å². The highest BCUT2D eigenvalue weighted by Crippen LogP contribution is 1.99. The fraction of sp³-hybridized carbons (Fsp3) is 0.111. The number of hydrogen-bond donors (Lipinski definition) is 0. The molecule has 0 fully saturated rings. The molecule has 0 saturated heterocycles. The van der Waals surface area contributed by atoms with Crippen LogP contribution >= 0.6 is 11.3 Å². The van der Waals surface area contributed by atoms with Crippen LogP contribution in [-0.2, 0) is 0 Å². The molecule has 1 rings (SSSR count). The Morgan fingerprint density at radius 3 is 2.45 bits per heavy atom. The summed E-state index contributed by atoms with van der Waals surface area (Å²) in [6, 6.07) is 12.4. The zero-order valence-corrected chi connectivity index (χ0v) is 8.85. The summed E-state index contributed by atoms with van der Waals surface area (Å²) >= 11 is 1.29. The van der Waals surface area contributed by atoms with E-state index in [0.717, 1.165) is 0 Å². The van der Waals surface area contributed by atoms with Crippen LogP contribution in [0.15, 0.2) is 41.8 Å². The van der Waals surface area contributed by atoms with Gasteiger partial charge in [-0.25, -0.2) is 0 Å². The van der Waals surface area contributed by atoms with Gasteiger partial charge in [-0.2, -0.15) is 0 Å². The smallest absolute Gasteiger partial charge is 0.144 e. The maximum absolute atomic E-state index is 2.13. The summed E-state index contributed by atoms with van der Waals surface area (Å²) in [6.07, 6.45) is 0. The number of rotatable bonds is 0. The lowest BCUT2D eigenvalue weighted by Crippen LogP contribution is -3.00. The van der Waals surface area contributed by atoms with Gasteiger partial charge in [0.25, 0.3) is 0 Å². The second-order valence-corrected chi connectivity index (χ2v) is 3.31. The average molecular weight is 231 g/mol. The Balaban J connectivity index is 0.000001000. The Bertz CT molecular complexity index is 217. The van der Waals surface area contributed by atoms with E-state index in [2.05, 4.69) is 30.5 Å². The first kappa shape index (κ1) is 10.7. The van der Waals surface area contributed by atoms with Crippen molar-refractivity contribution < 1.29 is 17.0 Å². The molecule has 0 amide bonds. The molecule has 0 spiro atoms. The van der Waals surface area contributed by atoms with Gasteiger partial charge in [0, 0.05) is 6.92 Å². The van der Waals surface area contributed by atoms with Gasteiger partial charge < -0.3 is 17.0 Å². The molecule has 0 bridgehead atoms. The lowest BCUT2D eigenvalue weighted by atomic mass is 10.4. The monoisotopic (exact) mass is 230 g/mol. The normalized spacial score (nSPS) is 7.73. The van der Waals surface area contributed by atoms with Crippen molar-refractivity contribution in [1.82, 2.24) is 0 Å². The molecule has 11 heavy (non-hydrogen) atoms. The van der Waals surface area contributed by atoms with Crippen molar-refractivity contribution in [1.29, 1.82) is 0 Å². The minimum Gasteiger partial charge on any atom is -1.00 e. The second kappa shape index (κ2) is 6.38. The maximum Gasteiger partial charge on any atom is 0.144 e. The molecular weight excluding hydrogens is 220 g/mol. The van der Waals surface area contributed by atoms with Crippen LogP contribution < -0.4 is 17.0 Å². The summed E-state index contributed by atoms with van der Waals surface area (Å²) in [5.41, 5.74) is 0. The van der Waals surface area contributed by atoms with Gasteiger partial charge in [-0.05, 0) is 23.5 Å². The molecule has 1 aromatic rings. The number of halogens is 1. The van der Waals surface area contributed by atoms with Crippen LogP contribution in [0.5, 0.6) is 0 Å². The predicted molar refractivity (Wildman–Crippen MR) is 48.1 cm³/mol. The highest BCUT2D eigenvalue weighted by atomic mass is 79.9. The first-order chi connectivity index (χ1) is 4.89. The van der Waals surface area contributed by atoms with E-state index in [1.807, 2.05) is 18.2 Å². The molecule has 0 saturated carbocycles. The van der Waals surface area contributed by atoms with Crippen molar-refractivity contribution in [2.75, 3.05) is 0 Å². The third-order valence-corrected chi connectivity index (χ3v) is 2.02. The van der Waals surface area contributed by atoms with Gasteiger partial charge in [0.1, 0.15) is 10.3 Å². The van der Waals surface area contributed by atoms with Crippen LogP contribution in [-0.4, -0.2) is 0 Å². The first-order valence-corrected chi connectivity index (χ1v) is 4.23. The molecule has 0 aromatic carbocycles. The summed E-state index contributed by atoms with van der Waals surface area (Å²) < 4.78 is 0. The molecule has 0 aliphatic rings. The lowest BCUT2D eigenvalue weighted by Gasteiger charge is -1.67. The van der Waals surface area contributed by atoms with Crippen LogP contribution in [0.1, 0.15) is 4.88 Å². The first-order valence-electron chi connectivity index (χ1n) is 3.27. The number of aryl methyl sites for hydroxylation is 1. The van der Waals surface area contributed by atoms with Crippen molar-refractivity contribution in [2.45, 2.75) is 6.92 Å². The molecule has 60 valence electrons. The third kappa shape index (κ3) is 4.99. The topological polar surface area (TPSA) is 0 Å². The SMILES string of the molecule is Cc1ccccccc[sH+]1.[Br-]. The Morgan fingerprint density at radius 2 is 1.64 bits per heavy atom. The fourth-order valence-electron chi connectivity index (χ4n) is 0.641. The van der Waals surface area contributed by atoms with E-state index in [9.17, 15) is 0 Å². The Labute approximate surface area is 82.0 Å². The summed E-state index contributed by atoms with van der Waals surface area (Å²) in [7, 11) is 0. The standard InChI is InChI=1S/C9H10S.BrH/c1-9-7-5-3-2-4-6-8-10-9;/h2-8H,1H3;1H. The number of hydrogen-bond acceptors (Lipinski definition) is 0. The largest absolute Gasteiger partial charge is 1.00 e. The van der Waals surface area contributed by atoms with Crippen LogP contribution in [0, 0.1) is 6.92 Å². The van der Waals surface area contributed by atoms with E-state index >= 15 is 0 Å². The molecule has 0 nitrogen and oxygen atoms in total. The minimum absolute atomic E-state index is 0. The Morgan fingerprint density at radius 1 is 1.00 bits per heavy atom. The van der Waals surface area contributed by atoms with Gasteiger partial charge in [-0.15, -0.1) is 0 Å². The molecule has 0 radical (unpaired) electrons.